The number of carbonyl (C=O) groups excluding carboxylic acids is 4. The van der Waals surface area contributed by atoms with Gasteiger partial charge >= 0.3 is 12.4 Å². The zero-order chi connectivity index (χ0) is 96.6. The summed E-state index contributed by atoms with van der Waals surface area (Å²) >= 11 is 0. The topological polar surface area (TPSA) is 362 Å². The monoisotopic (exact) mass is 1860 g/mol. The Hall–Kier alpha value is -14.1. The SMILES string of the molecule is C=CC(=O)N1CCC(n2nc(C#Cc3cc(C(=O)Nc4ccc(CN5CCN(C)CC5)c(C(F)(F)F)c4)ccc3C)c3c(N)ncnc32)CC1.Cc1ccc(C(=O)Nc2ccc(CN3CCN(C)CC3)c(C(F)(F)F)c2)cc1C#Cc1nn(C2CCNCC2)c2ncnc(N)c12.Cc1ccc(NC(=O)c2ccc(C)c(C(C)(F)F)c2)cc1C#Cc1nn(C2CCC(O)CC2)c2ncnc(N)c12. The highest BCUT2D eigenvalue weighted by molar-refractivity contribution is 6.06. The third-order valence-corrected chi connectivity index (χ3v) is 25.3. The number of fused-ring (bicyclic) bond motifs is 3. The van der Waals surface area contributed by atoms with Crippen LogP contribution in [-0.2, 0) is 36.2 Å². The van der Waals surface area contributed by atoms with Gasteiger partial charge < -0.3 is 58.3 Å². The van der Waals surface area contributed by atoms with Gasteiger partial charge in [-0.25, -0.2) is 52.7 Å². The number of likely N-dealkylation sites (tertiary alicyclic amines) is 1. The zero-order valence-corrected chi connectivity index (χ0v) is 76.2. The van der Waals surface area contributed by atoms with Gasteiger partial charge in [0.25, 0.3) is 23.6 Å². The number of nitrogens with two attached hydrogens (primary N) is 3. The highest BCUT2D eigenvalue weighted by atomic mass is 19.4. The van der Waals surface area contributed by atoms with E-state index in [4.69, 9.17) is 32.5 Å². The number of halogens is 8. The molecule has 10 heterocycles. The molecule has 0 radical (unpaired) electrons. The number of piperidine rings is 2. The van der Waals surface area contributed by atoms with E-state index < -0.39 is 47.1 Å². The van der Waals surface area contributed by atoms with Crippen LogP contribution in [0.3, 0.4) is 0 Å². The fourth-order valence-electron chi connectivity index (χ4n) is 17.3. The van der Waals surface area contributed by atoms with Gasteiger partial charge in [0.1, 0.15) is 53.5 Å². The number of likely N-dealkylation sites (N-methyl/N-ethyl adjacent to an activating group) is 2. The highest BCUT2D eigenvalue weighted by Crippen LogP contribution is 2.40. The minimum atomic E-state index is -4.58. The zero-order valence-electron chi connectivity index (χ0n) is 76.2. The van der Waals surface area contributed by atoms with Crippen LogP contribution in [0.15, 0.2) is 141 Å². The first-order valence-corrected chi connectivity index (χ1v) is 44.8. The Morgan fingerprint density at radius 2 is 0.794 bits per heavy atom. The Labute approximate surface area is 780 Å². The largest absolute Gasteiger partial charge is 0.416 e. The molecule has 1 aliphatic carbocycles. The maximum Gasteiger partial charge on any atom is 0.416 e. The molecule has 4 amide bonds. The van der Waals surface area contributed by atoms with Crippen LogP contribution in [-0.4, -0.2) is 211 Å². The molecule has 1 saturated carbocycles. The second kappa shape index (κ2) is 41.4. The second-order valence-electron chi connectivity index (χ2n) is 35.0. The van der Waals surface area contributed by atoms with Crippen molar-refractivity contribution in [3.8, 4) is 35.5 Å². The van der Waals surface area contributed by atoms with E-state index in [0.29, 0.717) is 143 Å². The van der Waals surface area contributed by atoms with E-state index in [9.17, 15) is 59.4 Å². The number of hydrogen-bond acceptors (Lipinski definition) is 22. The van der Waals surface area contributed by atoms with Gasteiger partial charge in [0.15, 0.2) is 16.9 Å². The number of nitrogen functional groups attached to an aromatic ring is 3. The van der Waals surface area contributed by atoms with Crippen molar-refractivity contribution in [2.45, 2.75) is 142 Å². The number of alkyl halides is 8. The fraction of sp³-hybridized carbons (Fsp3) is 0.364. The molecule has 11 N–H and O–H groups in total. The summed E-state index contributed by atoms with van der Waals surface area (Å²) in [4.78, 5) is 87.2. The number of hydrogen-bond donors (Lipinski definition) is 8. The maximum atomic E-state index is 14.1. The number of carbonyl (C=O) groups is 4. The van der Waals surface area contributed by atoms with Crippen LogP contribution in [0.2, 0.25) is 0 Å². The van der Waals surface area contributed by atoms with Crippen LogP contribution in [0.5, 0.6) is 0 Å². The van der Waals surface area contributed by atoms with Crippen molar-refractivity contribution in [2.24, 2.45) is 0 Å². The van der Waals surface area contributed by atoms with Gasteiger partial charge in [-0.3, -0.25) is 29.0 Å². The molecule has 5 aliphatic rings. The molecule has 6 aromatic carbocycles. The van der Waals surface area contributed by atoms with Gasteiger partial charge in [-0.1, -0.05) is 60.7 Å². The molecule has 0 spiro atoms. The van der Waals surface area contributed by atoms with Crippen molar-refractivity contribution in [2.75, 3.05) is 126 Å². The number of nitrogens with zero attached hydrogens (tertiary/aromatic N) is 17. The van der Waals surface area contributed by atoms with E-state index >= 15 is 0 Å². The van der Waals surface area contributed by atoms with Crippen molar-refractivity contribution >= 4 is 91.2 Å². The average Bonchev–Trinajstić information content (AvgIpc) is 1.66. The molecule has 4 aliphatic heterocycles. The number of nitrogens with one attached hydrogen (secondary N) is 4. The van der Waals surface area contributed by atoms with Crippen molar-refractivity contribution in [1.29, 1.82) is 0 Å². The van der Waals surface area contributed by atoms with Crippen molar-refractivity contribution in [3.63, 3.8) is 0 Å². The summed E-state index contributed by atoms with van der Waals surface area (Å²) in [5.41, 5.74) is 26.2. The number of piperazine rings is 2. The predicted molar refractivity (Wildman–Crippen MR) is 503 cm³/mol. The van der Waals surface area contributed by atoms with E-state index in [1.165, 1.54) is 67.5 Å². The lowest BCUT2D eigenvalue weighted by atomic mass is 9.93. The molecule has 12 aromatic rings. The Morgan fingerprint density at radius 1 is 0.441 bits per heavy atom. The van der Waals surface area contributed by atoms with Gasteiger partial charge in [0.2, 0.25) is 5.91 Å². The molecular weight excluding hydrogens is 1760 g/mol. The lowest BCUT2D eigenvalue weighted by Gasteiger charge is -2.33. The van der Waals surface area contributed by atoms with Gasteiger partial charge in [0, 0.05) is 141 Å². The van der Waals surface area contributed by atoms with Crippen LogP contribution in [0.25, 0.3) is 33.1 Å². The van der Waals surface area contributed by atoms with Crippen molar-refractivity contribution in [3.05, 3.63) is 241 Å². The number of benzene rings is 6. The Bertz CT molecular complexity index is 6730. The van der Waals surface area contributed by atoms with E-state index in [1.54, 1.807) is 65.0 Å². The summed E-state index contributed by atoms with van der Waals surface area (Å²) in [7, 11) is 3.99. The van der Waals surface area contributed by atoms with Crippen LogP contribution in [0.1, 0.15) is 191 Å². The van der Waals surface area contributed by atoms with Crippen LogP contribution in [0.4, 0.5) is 69.6 Å². The van der Waals surface area contributed by atoms with E-state index in [1.807, 2.05) is 60.1 Å². The van der Waals surface area contributed by atoms with Crippen LogP contribution >= 0.6 is 0 Å². The number of aryl methyl sites for hydroxylation is 4. The van der Waals surface area contributed by atoms with Crippen molar-refractivity contribution < 1.29 is 59.4 Å². The Morgan fingerprint density at radius 3 is 1.18 bits per heavy atom. The summed E-state index contributed by atoms with van der Waals surface area (Å²) in [6.45, 7) is 20.7. The Kier molecular flexibility index (Phi) is 29.3. The first kappa shape index (κ1) is 96.4. The lowest BCUT2D eigenvalue weighted by Crippen LogP contribution is -2.44. The van der Waals surface area contributed by atoms with E-state index in [0.717, 1.165) is 101 Å². The smallest absolute Gasteiger partial charge is 0.393 e. The van der Waals surface area contributed by atoms with Crippen LogP contribution < -0.4 is 38.5 Å². The number of aliphatic hydroxyl groups is 1. The molecule has 0 bridgehead atoms. The predicted octanol–water partition coefficient (Wildman–Crippen LogP) is 13.8. The standard InChI is InChI=1S/C36H38F3N9O2.C33H36F3N9O.C30H30F2N6O2/c1-4-31(49)47-13-11-28(12-14-47)48-34-32(33(40)41-22-42-34)30(44-48)10-8-24-19-25(6-5-23(24)2)35(50)43-27-9-7-26(29(20-27)36(37,38)39)21-46-17-15-45(3)16-18-46;1-21-3-4-23(32(46)41-25-7-5-24(27(18-25)33(34,35)36)19-44-15-13-43(2)14-16-44)17-22(21)6-8-28-29-30(37)39-20-40-31(29)45(42-28)26-9-11-38-12-10-26;1-17-5-8-21(36-29(40)20-6-4-18(2)24(15-20)30(3,31)32)14-19(17)7-13-25-26-27(33)34-16-35-28(26)38(37-25)22-9-11-23(39)12-10-22/h4-7,9,19-20,22,28H,1,11-18,21H2,2-3H3,(H,43,50)(H2,40,41,42);3-5,7,17-18,20,26,38H,9-16,19H2,1-2H3,(H,41,46)(H2,37,39,40);4-6,8,14-16,22-23,39H,9-12H2,1-3H3,(H,36,40)(H2,33,34,35). The number of amides is 4. The number of aromatic nitrogens is 12. The summed E-state index contributed by atoms with van der Waals surface area (Å²) < 4.78 is 118. The molecule has 0 atom stereocenters. The average molecular weight is 1860 g/mol. The molecule has 706 valence electrons. The quantitative estimate of drug-likeness (QED) is 0.0268. The molecule has 17 rings (SSSR count). The third-order valence-electron chi connectivity index (χ3n) is 25.3. The molecule has 5 fully saturated rings. The Balaban J connectivity index is 0.000000156. The molecule has 6 aromatic heterocycles. The normalized spacial score (nSPS) is 16.7. The summed E-state index contributed by atoms with van der Waals surface area (Å²) in [6.07, 6.45) is 2.09. The molecule has 0 unspecified atom stereocenters. The number of aliphatic hydroxyl groups excluding tert-OH is 1. The lowest BCUT2D eigenvalue weighted by molar-refractivity contribution is -0.139. The maximum absolute atomic E-state index is 14.1. The number of anilines is 6. The fourth-order valence-corrected chi connectivity index (χ4v) is 17.3. The molecule has 4 saturated heterocycles. The highest BCUT2D eigenvalue weighted by Gasteiger charge is 2.38. The number of rotatable bonds is 15. The second-order valence-corrected chi connectivity index (χ2v) is 35.0. The minimum absolute atomic E-state index is 0.0383. The molecule has 136 heavy (non-hydrogen) atoms. The third kappa shape index (κ3) is 22.7. The van der Waals surface area contributed by atoms with Crippen molar-refractivity contribution in [1.82, 2.24) is 89.1 Å². The molecular formula is C99H104F8N24O5. The van der Waals surface area contributed by atoms with E-state index in [2.05, 4.69) is 103 Å². The van der Waals surface area contributed by atoms with Gasteiger partial charge in [-0.15, -0.1) is 0 Å². The van der Waals surface area contributed by atoms with Gasteiger partial charge in [-0.05, 0) is 236 Å². The van der Waals surface area contributed by atoms with Gasteiger partial charge in [-0.2, -0.15) is 41.6 Å². The first-order valence-electron chi connectivity index (χ1n) is 44.8. The minimum Gasteiger partial charge on any atom is -0.393 e. The first-order chi connectivity index (χ1) is 65.0. The summed E-state index contributed by atoms with van der Waals surface area (Å²) in [6, 6.07) is 27.6. The van der Waals surface area contributed by atoms with E-state index in [-0.39, 0.29) is 105 Å². The summed E-state index contributed by atoms with van der Waals surface area (Å²) in [5.74, 6) is 14.7. The molecule has 37 heteroatoms. The van der Waals surface area contributed by atoms with Crippen LogP contribution in [0, 0.1) is 63.2 Å². The van der Waals surface area contributed by atoms with Gasteiger partial charge in [0.05, 0.1) is 51.5 Å². The summed E-state index contributed by atoms with van der Waals surface area (Å²) in [5, 5.41) is 37.2. The molecule has 29 nitrogen and oxygen atoms in total.